The molecule has 1 heterocycles. The molecule has 0 fully saturated rings. The van der Waals surface area contributed by atoms with Crippen molar-refractivity contribution < 1.29 is 0 Å². The van der Waals surface area contributed by atoms with Crippen LogP contribution in [0.3, 0.4) is 0 Å². The van der Waals surface area contributed by atoms with E-state index in [1.165, 1.54) is 0 Å². The monoisotopic (exact) mass is 213 g/mol. The second-order valence-corrected chi connectivity index (χ2v) is 4.86. The van der Waals surface area contributed by atoms with Gasteiger partial charge in [0.15, 0.2) is 0 Å². The average Bonchev–Trinajstić information content (AvgIpc) is 2.39. The molecule has 0 amide bonds. The Bertz CT molecular complexity index is 305. The van der Waals surface area contributed by atoms with Gasteiger partial charge in [0.25, 0.3) is 0 Å². The summed E-state index contributed by atoms with van der Waals surface area (Å²) in [7, 11) is 1.96. The standard InChI is InChI=1S/C10H19N3S/c1-5-8-9(11)10(13(4)12-8)14-6-7(2)3/h7H,5-6,11H2,1-4H3. The lowest BCUT2D eigenvalue weighted by molar-refractivity contribution is 0.683. The minimum absolute atomic E-state index is 0.680. The summed E-state index contributed by atoms with van der Waals surface area (Å²) in [5, 5.41) is 5.48. The van der Waals surface area contributed by atoms with E-state index in [9.17, 15) is 0 Å². The van der Waals surface area contributed by atoms with Crippen molar-refractivity contribution in [1.29, 1.82) is 0 Å². The number of anilines is 1. The molecule has 0 saturated heterocycles. The van der Waals surface area contributed by atoms with E-state index in [0.717, 1.165) is 28.6 Å². The lowest BCUT2D eigenvalue weighted by Crippen LogP contribution is -1.97. The van der Waals surface area contributed by atoms with Gasteiger partial charge in [0.1, 0.15) is 5.03 Å². The van der Waals surface area contributed by atoms with Crippen molar-refractivity contribution in [1.82, 2.24) is 9.78 Å². The second kappa shape index (κ2) is 4.73. The van der Waals surface area contributed by atoms with Gasteiger partial charge in [-0.3, -0.25) is 4.68 Å². The minimum Gasteiger partial charge on any atom is -0.395 e. The number of rotatable bonds is 4. The predicted octanol–water partition coefficient (Wildman–Crippen LogP) is 2.31. The van der Waals surface area contributed by atoms with Crippen molar-refractivity contribution in [2.45, 2.75) is 32.2 Å². The summed E-state index contributed by atoms with van der Waals surface area (Å²) in [5.74, 6) is 1.77. The third kappa shape index (κ3) is 2.44. The molecule has 0 aromatic carbocycles. The smallest absolute Gasteiger partial charge is 0.117 e. The van der Waals surface area contributed by atoms with E-state index < -0.39 is 0 Å². The van der Waals surface area contributed by atoms with Crippen molar-refractivity contribution >= 4 is 17.4 Å². The molecule has 0 aliphatic carbocycles. The van der Waals surface area contributed by atoms with E-state index in [0.29, 0.717) is 5.92 Å². The Labute approximate surface area is 90.1 Å². The van der Waals surface area contributed by atoms with Crippen LogP contribution < -0.4 is 5.73 Å². The van der Waals surface area contributed by atoms with Crippen molar-refractivity contribution in [2.24, 2.45) is 13.0 Å². The van der Waals surface area contributed by atoms with Gasteiger partial charge < -0.3 is 5.73 Å². The van der Waals surface area contributed by atoms with Gasteiger partial charge in [-0.15, -0.1) is 11.8 Å². The highest BCUT2D eigenvalue weighted by atomic mass is 32.2. The van der Waals surface area contributed by atoms with Crippen LogP contribution in [0.1, 0.15) is 26.5 Å². The lowest BCUT2D eigenvalue weighted by atomic mass is 10.3. The summed E-state index contributed by atoms with van der Waals surface area (Å²) in [6, 6.07) is 0. The van der Waals surface area contributed by atoms with Crippen LogP contribution in [0.15, 0.2) is 5.03 Å². The number of hydrogen-bond donors (Lipinski definition) is 1. The maximum absolute atomic E-state index is 6.00. The number of aromatic nitrogens is 2. The zero-order valence-corrected chi connectivity index (χ0v) is 10.2. The minimum atomic E-state index is 0.680. The number of nitrogens with zero attached hydrogens (tertiary/aromatic N) is 2. The fourth-order valence-corrected chi connectivity index (χ4v) is 2.25. The largest absolute Gasteiger partial charge is 0.395 e. The third-order valence-electron chi connectivity index (χ3n) is 1.99. The van der Waals surface area contributed by atoms with Gasteiger partial charge in [-0.1, -0.05) is 20.8 Å². The van der Waals surface area contributed by atoms with Gasteiger partial charge in [0, 0.05) is 12.8 Å². The summed E-state index contributed by atoms with van der Waals surface area (Å²) in [6.07, 6.45) is 0.905. The Morgan fingerprint density at radius 1 is 1.50 bits per heavy atom. The maximum atomic E-state index is 6.00. The second-order valence-electron chi connectivity index (χ2n) is 3.85. The normalized spacial score (nSPS) is 11.2. The van der Waals surface area contributed by atoms with Crippen molar-refractivity contribution in [3.63, 3.8) is 0 Å². The van der Waals surface area contributed by atoms with Gasteiger partial charge in [-0.2, -0.15) is 5.10 Å². The van der Waals surface area contributed by atoms with Gasteiger partial charge in [0.05, 0.1) is 11.4 Å². The van der Waals surface area contributed by atoms with Crippen LogP contribution in [0.4, 0.5) is 5.69 Å². The highest BCUT2D eigenvalue weighted by Crippen LogP contribution is 2.28. The van der Waals surface area contributed by atoms with Crippen LogP contribution in [-0.4, -0.2) is 15.5 Å². The number of nitrogen functional groups attached to an aromatic ring is 1. The molecular formula is C10H19N3S. The Kier molecular flexibility index (Phi) is 3.86. The molecule has 2 N–H and O–H groups in total. The maximum Gasteiger partial charge on any atom is 0.117 e. The highest BCUT2D eigenvalue weighted by Gasteiger charge is 2.12. The summed E-state index contributed by atoms with van der Waals surface area (Å²) in [6.45, 7) is 6.50. The molecule has 14 heavy (non-hydrogen) atoms. The Balaban J connectivity index is 2.80. The molecular weight excluding hydrogens is 194 g/mol. The number of hydrogen-bond acceptors (Lipinski definition) is 3. The zero-order chi connectivity index (χ0) is 10.7. The van der Waals surface area contributed by atoms with E-state index in [1.807, 2.05) is 11.7 Å². The Morgan fingerprint density at radius 3 is 2.57 bits per heavy atom. The summed E-state index contributed by atoms with van der Waals surface area (Å²) < 4.78 is 1.89. The molecule has 0 atom stereocenters. The van der Waals surface area contributed by atoms with Crippen LogP contribution in [-0.2, 0) is 13.5 Å². The summed E-state index contributed by atoms with van der Waals surface area (Å²) in [5.41, 5.74) is 7.87. The molecule has 0 aliphatic rings. The number of aryl methyl sites for hydroxylation is 2. The molecule has 1 aromatic heterocycles. The molecule has 0 bridgehead atoms. The first-order valence-electron chi connectivity index (χ1n) is 5.00. The van der Waals surface area contributed by atoms with Gasteiger partial charge in [0.2, 0.25) is 0 Å². The van der Waals surface area contributed by atoms with Gasteiger partial charge in [-0.05, 0) is 12.3 Å². The fraction of sp³-hybridized carbons (Fsp3) is 0.700. The van der Waals surface area contributed by atoms with Crippen LogP contribution in [0, 0.1) is 5.92 Å². The average molecular weight is 213 g/mol. The van der Waals surface area contributed by atoms with Crippen molar-refractivity contribution in [3.05, 3.63) is 5.69 Å². The van der Waals surface area contributed by atoms with Gasteiger partial charge in [-0.25, -0.2) is 0 Å². The number of thioether (sulfide) groups is 1. The molecule has 80 valence electrons. The van der Waals surface area contributed by atoms with Crippen LogP contribution in [0.2, 0.25) is 0 Å². The third-order valence-corrected chi connectivity index (χ3v) is 3.59. The van der Waals surface area contributed by atoms with Crippen LogP contribution in [0.5, 0.6) is 0 Å². The Hall–Kier alpha value is -0.640. The van der Waals surface area contributed by atoms with Crippen molar-refractivity contribution in [3.8, 4) is 0 Å². The molecule has 0 unspecified atom stereocenters. The fourth-order valence-electron chi connectivity index (χ4n) is 1.26. The molecule has 0 radical (unpaired) electrons. The van der Waals surface area contributed by atoms with Crippen LogP contribution >= 0.6 is 11.8 Å². The molecule has 1 aromatic rings. The van der Waals surface area contributed by atoms with Crippen LogP contribution in [0.25, 0.3) is 0 Å². The summed E-state index contributed by atoms with van der Waals surface area (Å²) >= 11 is 1.79. The quantitative estimate of drug-likeness (QED) is 0.781. The summed E-state index contributed by atoms with van der Waals surface area (Å²) in [4.78, 5) is 0. The predicted molar refractivity (Wildman–Crippen MR) is 62.6 cm³/mol. The van der Waals surface area contributed by atoms with E-state index >= 15 is 0 Å². The number of nitrogens with two attached hydrogens (primary N) is 1. The molecule has 0 aliphatic heterocycles. The first kappa shape index (κ1) is 11.4. The molecule has 1 rings (SSSR count). The molecule has 4 heteroatoms. The van der Waals surface area contributed by atoms with E-state index in [2.05, 4.69) is 25.9 Å². The molecule has 3 nitrogen and oxygen atoms in total. The highest BCUT2D eigenvalue weighted by molar-refractivity contribution is 7.99. The molecule has 0 saturated carbocycles. The van der Waals surface area contributed by atoms with Crippen molar-refractivity contribution in [2.75, 3.05) is 11.5 Å². The first-order valence-corrected chi connectivity index (χ1v) is 5.99. The van der Waals surface area contributed by atoms with E-state index in [1.54, 1.807) is 11.8 Å². The van der Waals surface area contributed by atoms with Gasteiger partial charge >= 0.3 is 0 Å². The lowest BCUT2D eigenvalue weighted by Gasteiger charge is -2.05. The topological polar surface area (TPSA) is 43.8 Å². The van der Waals surface area contributed by atoms with E-state index in [-0.39, 0.29) is 0 Å². The first-order chi connectivity index (χ1) is 6.56. The van der Waals surface area contributed by atoms with E-state index in [4.69, 9.17) is 5.73 Å². The SMILES string of the molecule is CCc1nn(C)c(SCC(C)C)c1N. The Morgan fingerprint density at radius 2 is 2.14 bits per heavy atom. The zero-order valence-electron chi connectivity index (χ0n) is 9.37. The molecule has 0 spiro atoms.